The van der Waals surface area contributed by atoms with Gasteiger partial charge in [0.25, 0.3) is 0 Å². The van der Waals surface area contributed by atoms with Gasteiger partial charge < -0.3 is 20.3 Å². The second-order valence-corrected chi connectivity index (χ2v) is 6.23. The van der Waals surface area contributed by atoms with Gasteiger partial charge in [0.2, 0.25) is 5.91 Å². The number of methoxy groups -OCH3 is 1. The lowest BCUT2D eigenvalue weighted by Crippen LogP contribution is -2.55. The van der Waals surface area contributed by atoms with Gasteiger partial charge in [-0.15, -0.1) is 0 Å². The summed E-state index contributed by atoms with van der Waals surface area (Å²) in [6, 6.07) is 12.2. The number of carbonyl (C=O) groups excluding carboxylic acids is 2. The van der Waals surface area contributed by atoms with Crippen molar-refractivity contribution in [1.29, 1.82) is 0 Å². The molecule has 2 aromatic rings. The number of amides is 3. The van der Waals surface area contributed by atoms with Crippen molar-refractivity contribution in [2.75, 3.05) is 26.7 Å². The molecule has 3 rings (SSSR count). The molecule has 1 saturated heterocycles. The van der Waals surface area contributed by atoms with E-state index in [1.165, 1.54) is 29.2 Å². The molecular weight excluding hydrogens is 349 g/mol. The van der Waals surface area contributed by atoms with Gasteiger partial charge in [-0.1, -0.05) is 30.3 Å². The van der Waals surface area contributed by atoms with Crippen LogP contribution in [0.5, 0.6) is 5.75 Å². The molecule has 0 bridgehead atoms. The van der Waals surface area contributed by atoms with Gasteiger partial charge in [-0.25, -0.2) is 9.18 Å². The van der Waals surface area contributed by atoms with Crippen molar-refractivity contribution in [1.82, 2.24) is 15.5 Å². The molecule has 0 aliphatic carbocycles. The second-order valence-electron chi connectivity index (χ2n) is 6.23. The predicted octanol–water partition coefficient (Wildman–Crippen LogP) is 2.26. The van der Waals surface area contributed by atoms with Gasteiger partial charge >= 0.3 is 6.03 Å². The molecule has 3 amide bonds. The van der Waals surface area contributed by atoms with Gasteiger partial charge in [0.15, 0.2) is 0 Å². The van der Waals surface area contributed by atoms with E-state index >= 15 is 0 Å². The van der Waals surface area contributed by atoms with Crippen molar-refractivity contribution in [3.63, 3.8) is 0 Å². The number of carbonyl (C=O) groups is 2. The fourth-order valence-corrected chi connectivity index (χ4v) is 3.18. The van der Waals surface area contributed by atoms with Gasteiger partial charge in [0.05, 0.1) is 7.11 Å². The summed E-state index contributed by atoms with van der Waals surface area (Å²) in [7, 11) is 1.61. The van der Waals surface area contributed by atoms with Crippen molar-refractivity contribution in [3.8, 4) is 5.75 Å². The highest BCUT2D eigenvalue weighted by molar-refractivity contribution is 5.89. The molecule has 0 radical (unpaired) electrons. The van der Waals surface area contributed by atoms with E-state index in [0.717, 1.165) is 11.3 Å². The third-order valence-electron chi connectivity index (χ3n) is 4.52. The first-order valence-electron chi connectivity index (χ1n) is 8.79. The maximum Gasteiger partial charge on any atom is 0.318 e. The fraction of sp³-hybridized carbons (Fsp3) is 0.300. The summed E-state index contributed by atoms with van der Waals surface area (Å²) in [5.41, 5.74) is 1.57. The molecule has 1 heterocycles. The van der Waals surface area contributed by atoms with Crippen LogP contribution in [0.25, 0.3) is 0 Å². The summed E-state index contributed by atoms with van der Waals surface area (Å²) in [6.45, 7) is 1.18. The number of piperazine rings is 1. The number of para-hydroxylation sites is 1. The zero-order valence-corrected chi connectivity index (χ0v) is 15.1. The Kier molecular flexibility index (Phi) is 5.90. The monoisotopic (exact) mass is 371 g/mol. The Morgan fingerprint density at radius 3 is 2.74 bits per heavy atom. The van der Waals surface area contributed by atoms with Crippen molar-refractivity contribution >= 4 is 11.9 Å². The molecule has 7 heteroatoms. The first-order chi connectivity index (χ1) is 13.1. The topological polar surface area (TPSA) is 70.7 Å². The van der Waals surface area contributed by atoms with E-state index in [1.54, 1.807) is 7.11 Å². The summed E-state index contributed by atoms with van der Waals surface area (Å²) in [5.74, 6) is 0.115. The molecule has 2 N–H and O–H groups in total. The number of hydrogen-bond acceptors (Lipinski definition) is 3. The molecule has 6 nitrogen and oxygen atoms in total. The van der Waals surface area contributed by atoms with Crippen molar-refractivity contribution in [3.05, 3.63) is 65.5 Å². The van der Waals surface area contributed by atoms with Gasteiger partial charge in [-0.05, 0) is 35.7 Å². The van der Waals surface area contributed by atoms with Crippen LogP contribution >= 0.6 is 0 Å². The number of hydrogen-bond donors (Lipinski definition) is 2. The Labute approximate surface area is 157 Å². The Morgan fingerprint density at radius 2 is 2.00 bits per heavy atom. The molecule has 142 valence electrons. The highest BCUT2D eigenvalue weighted by atomic mass is 19.1. The maximum absolute atomic E-state index is 13.2. The summed E-state index contributed by atoms with van der Waals surface area (Å²) in [6.07, 6.45) is 0.608. The molecule has 1 unspecified atom stereocenters. The van der Waals surface area contributed by atoms with Gasteiger partial charge in [0, 0.05) is 19.6 Å². The number of halogens is 1. The van der Waals surface area contributed by atoms with Crippen LogP contribution in [-0.4, -0.2) is 43.6 Å². The molecule has 0 aromatic heterocycles. The average molecular weight is 371 g/mol. The SMILES string of the molecule is COc1ccccc1CCNC(=O)N1CCNC(=O)C1c1ccc(F)cc1. The molecule has 1 fully saturated rings. The number of ether oxygens (including phenoxy) is 1. The predicted molar refractivity (Wildman–Crippen MR) is 99.0 cm³/mol. The Balaban J connectivity index is 1.66. The van der Waals surface area contributed by atoms with E-state index < -0.39 is 6.04 Å². The van der Waals surface area contributed by atoms with Gasteiger partial charge in [-0.2, -0.15) is 0 Å². The highest BCUT2D eigenvalue weighted by Gasteiger charge is 2.34. The third kappa shape index (κ3) is 4.36. The van der Waals surface area contributed by atoms with Crippen LogP contribution in [0.4, 0.5) is 9.18 Å². The Morgan fingerprint density at radius 1 is 1.26 bits per heavy atom. The molecule has 0 saturated carbocycles. The summed E-state index contributed by atoms with van der Waals surface area (Å²) in [5, 5.41) is 5.62. The van der Waals surface area contributed by atoms with Gasteiger partial charge in [-0.3, -0.25) is 4.79 Å². The standard InChI is InChI=1S/C20H22FN3O3/c1-27-17-5-3-2-4-14(17)10-11-23-20(26)24-13-12-22-19(25)18(24)15-6-8-16(21)9-7-15/h2-9,18H,10-13H2,1H3,(H,22,25)(H,23,26). The molecule has 0 spiro atoms. The van der Waals surface area contributed by atoms with E-state index in [4.69, 9.17) is 4.74 Å². The Hall–Kier alpha value is -3.09. The largest absolute Gasteiger partial charge is 0.496 e. The van der Waals surface area contributed by atoms with E-state index in [9.17, 15) is 14.0 Å². The molecule has 1 atom stereocenters. The zero-order valence-electron chi connectivity index (χ0n) is 15.1. The van der Waals surface area contributed by atoms with Crippen molar-refractivity contribution in [2.24, 2.45) is 0 Å². The van der Waals surface area contributed by atoms with Crippen LogP contribution in [0.1, 0.15) is 17.2 Å². The third-order valence-corrected chi connectivity index (χ3v) is 4.52. The number of rotatable bonds is 5. The van der Waals surface area contributed by atoms with Crippen LogP contribution in [-0.2, 0) is 11.2 Å². The van der Waals surface area contributed by atoms with E-state index in [1.807, 2.05) is 24.3 Å². The minimum absolute atomic E-state index is 0.271. The lowest BCUT2D eigenvalue weighted by molar-refractivity contribution is -0.127. The summed E-state index contributed by atoms with van der Waals surface area (Å²) >= 11 is 0. The van der Waals surface area contributed by atoms with E-state index in [-0.39, 0.29) is 17.8 Å². The van der Waals surface area contributed by atoms with Crippen LogP contribution < -0.4 is 15.4 Å². The van der Waals surface area contributed by atoms with E-state index in [0.29, 0.717) is 31.6 Å². The molecule has 1 aliphatic rings. The Bertz CT molecular complexity index is 810. The minimum Gasteiger partial charge on any atom is -0.496 e. The molecule has 27 heavy (non-hydrogen) atoms. The smallest absolute Gasteiger partial charge is 0.318 e. The first kappa shape index (κ1) is 18.7. The average Bonchev–Trinajstić information content (AvgIpc) is 2.69. The van der Waals surface area contributed by atoms with Gasteiger partial charge in [0.1, 0.15) is 17.6 Å². The second kappa shape index (κ2) is 8.53. The molecule has 2 aromatic carbocycles. The first-order valence-corrected chi connectivity index (χ1v) is 8.79. The number of urea groups is 1. The fourth-order valence-electron chi connectivity index (χ4n) is 3.18. The van der Waals surface area contributed by atoms with Crippen LogP contribution in [0.3, 0.4) is 0 Å². The maximum atomic E-state index is 13.2. The highest BCUT2D eigenvalue weighted by Crippen LogP contribution is 2.24. The quantitative estimate of drug-likeness (QED) is 0.847. The van der Waals surface area contributed by atoms with Crippen LogP contribution in [0, 0.1) is 5.82 Å². The summed E-state index contributed by atoms with van der Waals surface area (Å²) in [4.78, 5) is 26.5. The normalized spacial score (nSPS) is 16.6. The summed E-state index contributed by atoms with van der Waals surface area (Å²) < 4.78 is 18.5. The van der Waals surface area contributed by atoms with Crippen molar-refractivity contribution < 1.29 is 18.7 Å². The lowest BCUT2D eigenvalue weighted by Gasteiger charge is -2.35. The molecule has 1 aliphatic heterocycles. The zero-order chi connectivity index (χ0) is 19.2. The number of nitrogens with one attached hydrogen (secondary N) is 2. The van der Waals surface area contributed by atoms with Crippen LogP contribution in [0.2, 0.25) is 0 Å². The van der Waals surface area contributed by atoms with Crippen LogP contribution in [0.15, 0.2) is 48.5 Å². The van der Waals surface area contributed by atoms with Crippen molar-refractivity contribution in [2.45, 2.75) is 12.5 Å². The minimum atomic E-state index is -0.773. The van der Waals surface area contributed by atoms with E-state index in [2.05, 4.69) is 10.6 Å². The number of benzene rings is 2. The molecular formula is C20H22FN3O3. The number of nitrogens with zero attached hydrogens (tertiary/aromatic N) is 1. The lowest BCUT2D eigenvalue weighted by atomic mass is 10.0.